The van der Waals surface area contributed by atoms with Crippen molar-refractivity contribution < 1.29 is 0 Å². The van der Waals surface area contributed by atoms with Gasteiger partial charge in [0, 0.05) is 0 Å². The molecule has 0 heterocycles. The van der Waals surface area contributed by atoms with Crippen molar-refractivity contribution in [3.63, 3.8) is 0 Å². The molecule has 0 aliphatic heterocycles. The fourth-order valence-corrected chi connectivity index (χ4v) is 1.82. The van der Waals surface area contributed by atoms with E-state index in [1.807, 2.05) is 12.1 Å². The number of rotatable bonds is 7. The minimum absolute atomic E-state index is 0.109. The van der Waals surface area contributed by atoms with E-state index in [9.17, 15) is 0 Å². The minimum atomic E-state index is 0.109. The van der Waals surface area contributed by atoms with Gasteiger partial charge in [0.1, 0.15) is 0 Å². The molecule has 0 saturated carbocycles. The summed E-state index contributed by atoms with van der Waals surface area (Å²) in [6, 6.07) is 8.12. The third kappa shape index (κ3) is 5.95. The van der Waals surface area contributed by atoms with E-state index in [1.54, 1.807) is 0 Å². The molecule has 0 aliphatic carbocycles. The first-order chi connectivity index (χ1) is 8.22. The summed E-state index contributed by atoms with van der Waals surface area (Å²) in [5.74, 6) is 0.109. The molecular weight excluding hydrogens is 210 g/mol. The van der Waals surface area contributed by atoms with Gasteiger partial charge in [-0.25, -0.2) is 4.99 Å². The summed E-state index contributed by atoms with van der Waals surface area (Å²) in [7, 11) is 0. The fraction of sp³-hybridized carbons (Fsp3) is 0.500. The highest BCUT2D eigenvalue weighted by Gasteiger charge is 1.95. The van der Waals surface area contributed by atoms with Gasteiger partial charge in [-0.15, -0.1) is 0 Å². The van der Waals surface area contributed by atoms with Gasteiger partial charge in [0.2, 0.25) is 0 Å². The molecule has 0 amide bonds. The molecule has 0 unspecified atom stereocenters. The number of hydrogen-bond acceptors (Lipinski definition) is 1. The second kappa shape index (κ2) is 7.71. The Bertz CT molecular complexity index is 337. The van der Waals surface area contributed by atoms with Crippen molar-refractivity contribution in [1.82, 2.24) is 0 Å². The number of nitrogens with two attached hydrogens (primary N) is 2. The Balaban J connectivity index is 2.33. The van der Waals surface area contributed by atoms with Crippen LogP contribution in [-0.2, 0) is 6.42 Å². The molecule has 94 valence electrons. The van der Waals surface area contributed by atoms with Crippen molar-refractivity contribution in [2.24, 2.45) is 16.5 Å². The number of hydrogen-bond donors (Lipinski definition) is 2. The van der Waals surface area contributed by atoms with E-state index in [-0.39, 0.29) is 5.96 Å². The molecule has 3 nitrogen and oxygen atoms in total. The third-order valence-electron chi connectivity index (χ3n) is 2.76. The maximum Gasteiger partial charge on any atom is 0.191 e. The van der Waals surface area contributed by atoms with Crippen molar-refractivity contribution in [2.45, 2.75) is 45.4 Å². The number of benzene rings is 1. The van der Waals surface area contributed by atoms with Crippen LogP contribution >= 0.6 is 0 Å². The molecule has 0 atom stereocenters. The summed E-state index contributed by atoms with van der Waals surface area (Å²) in [4.78, 5) is 3.99. The van der Waals surface area contributed by atoms with Gasteiger partial charge in [-0.3, -0.25) is 0 Å². The van der Waals surface area contributed by atoms with Crippen LogP contribution in [0.1, 0.15) is 44.6 Å². The fourth-order valence-electron chi connectivity index (χ4n) is 1.82. The largest absolute Gasteiger partial charge is 0.370 e. The molecular formula is C14H23N3. The molecule has 0 fully saturated rings. The highest BCUT2D eigenvalue weighted by Crippen LogP contribution is 2.15. The van der Waals surface area contributed by atoms with Gasteiger partial charge in [0.25, 0.3) is 0 Å². The number of nitrogens with zero attached hydrogens (tertiary/aromatic N) is 1. The van der Waals surface area contributed by atoms with Crippen LogP contribution in [0.15, 0.2) is 29.3 Å². The predicted octanol–water partition coefficient (Wildman–Crippen LogP) is 3.10. The molecule has 0 aromatic heterocycles. The molecule has 1 rings (SSSR count). The number of aliphatic imine (C=N–C) groups is 1. The second-order valence-corrected chi connectivity index (χ2v) is 4.37. The van der Waals surface area contributed by atoms with Crippen LogP contribution in [0.5, 0.6) is 0 Å². The van der Waals surface area contributed by atoms with Crippen LogP contribution in [0.4, 0.5) is 5.69 Å². The summed E-state index contributed by atoms with van der Waals surface area (Å²) in [6.45, 7) is 2.24. The lowest BCUT2D eigenvalue weighted by Crippen LogP contribution is -2.21. The molecule has 0 radical (unpaired) electrons. The van der Waals surface area contributed by atoms with Crippen LogP contribution in [0.3, 0.4) is 0 Å². The topological polar surface area (TPSA) is 64.4 Å². The lowest BCUT2D eigenvalue weighted by molar-refractivity contribution is 0.632. The lowest BCUT2D eigenvalue weighted by atomic mass is 10.1. The van der Waals surface area contributed by atoms with Crippen LogP contribution in [0.2, 0.25) is 0 Å². The Kier molecular flexibility index (Phi) is 6.15. The first-order valence-electron chi connectivity index (χ1n) is 6.41. The minimum Gasteiger partial charge on any atom is -0.370 e. The van der Waals surface area contributed by atoms with Crippen LogP contribution < -0.4 is 11.5 Å². The monoisotopic (exact) mass is 233 g/mol. The first-order valence-corrected chi connectivity index (χ1v) is 6.41. The molecule has 3 heteroatoms. The maximum atomic E-state index is 5.32. The number of unbranched alkanes of at least 4 members (excludes halogenated alkanes) is 4. The summed E-state index contributed by atoms with van der Waals surface area (Å²) < 4.78 is 0. The van der Waals surface area contributed by atoms with Gasteiger partial charge in [0.15, 0.2) is 5.96 Å². The molecule has 0 bridgehead atoms. The van der Waals surface area contributed by atoms with Crippen molar-refractivity contribution in [1.29, 1.82) is 0 Å². The smallest absolute Gasteiger partial charge is 0.191 e. The van der Waals surface area contributed by atoms with Gasteiger partial charge >= 0.3 is 0 Å². The number of guanidine groups is 1. The standard InChI is InChI=1S/C14H23N3/c1-2-3-4-5-6-7-12-8-10-13(11-9-12)17-14(15)16/h8-11H,2-7H2,1H3,(H4,15,16,17). The first kappa shape index (κ1) is 13.6. The molecule has 0 aliphatic rings. The van der Waals surface area contributed by atoms with E-state index < -0.39 is 0 Å². The Hall–Kier alpha value is -1.51. The highest BCUT2D eigenvalue weighted by atomic mass is 15.0. The van der Waals surface area contributed by atoms with Gasteiger partial charge in [-0.2, -0.15) is 0 Å². The molecule has 1 aromatic carbocycles. The average Bonchev–Trinajstić information content (AvgIpc) is 2.30. The summed E-state index contributed by atoms with van der Waals surface area (Å²) in [5.41, 5.74) is 12.8. The van der Waals surface area contributed by atoms with E-state index in [4.69, 9.17) is 11.5 Å². The van der Waals surface area contributed by atoms with Crippen LogP contribution in [0.25, 0.3) is 0 Å². The van der Waals surface area contributed by atoms with Crippen LogP contribution in [0, 0.1) is 0 Å². The molecule has 1 aromatic rings. The second-order valence-electron chi connectivity index (χ2n) is 4.37. The van der Waals surface area contributed by atoms with E-state index in [0.29, 0.717) is 0 Å². The quantitative estimate of drug-likeness (QED) is 0.432. The summed E-state index contributed by atoms with van der Waals surface area (Å²) in [5, 5.41) is 0. The average molecular weight is 233 g/mol. The van der Waals surface area contributed by atoms with Gasteiger partial charge in [-0.05, 0) is 30.5 Å². The van der Waals surface area contributed by atoms with Gasteiger partial charge in [0.05, 0.1) is 5.69 Å². The molecule has 0 spiro atoms. The Morgan fingerprint density at radius 1 is 1.00 bits per heavy atom. The summed E-state index contributed by atoms with van der Waals surface area (Å²) in [6.07, 6.45) is 7.73. The zero-order valence-electron chi connectivity index (χ0n) is 10.7. The van der Waals surface area contributed by atoms with E-state index in [2.05, 4.69) is 24.0 Å². The van der Waals surface area contributed by atoms with Gasteiger partial charge in [-0.1, -0.05) is 44.7 Å². The SMILES string of the molecule is CCCCCCCc1ccc(N=C(N)N)cc1. The van der Waals surface area contributed by atoms with Crippen molar-refractivity contribution in [2.75, 3.05) is 0 Å². The van der Waals surface area contributed by atoms with Crippen molar-refractivity contribution in [3.8, 4) is 0 Å². The Morgan fingerprint density at radius 3 is 2.24 bits per heavy atom. The normalized spacial score (nSPS) is 10.2. The highest BCUT2D eigenvalue weighted by molar-refractivity contribution is 5.78. The maximum absolute atomic E-state index is 5.32. The lowest BCUT2D eigenvalue weighted by Gasteiger charge is -2.02. The van der Waals surface area contributed by atoms with E-state index in [0.717, 1.165) is 12.1 Å². The Labute approximate surface area is 104 Å². The van der Waals surface area contributed by atoms with E-state index >= 15 is 0 Å². The van der Waals surface area contributed by atoms with E-state index in [1.165, 1.54) is 37.7 Å². The van der Waals surface area contributed by atoms with Crippen molar-refractivity contribution >= 4 is 11.6 Å². The number of aryl methyl sites for hydroxylation is 1. The molecule has 17 heavy (non-hydrogen) atoms. The van der Waals surface area contributed by atoms with Crippen molar-refractivity contribution in [3.05, 3.63) is 29.8 Å². The van der Waals surface area contributed by atoms with Crippen LogP contribution in [-0.4, -0.2) is 5.96 Å². The third-order valence-corrected chi connectivity index (χ3v) is 2.76. The summed E-state index contributed by atoms with van der Waals surface area (Å²) >= 11 is 0. The van der Waals surface area contributed by atoms with Gasteiger partial charge < -0.3 is 11.5 Å². The Morgan fingerprint density at radius 2 is 1.65 bits per heavy atom. The zero-order valence-corrected chi connectivity index (χ0v) is 10.7. The predicted molar refractivity (Wildman–Crippen MR) is 74.4 cm³/mol. The molecule has 0 saturated heterocycles. The molecule has 4 N–H and O–H groups in total. The zero-order chi connectivity index (χ0) is 12.5.